The number of ether oxygens (including phenoxy) is 1. The molecule has 0 aliphatic carbocycles. The van der Waals surface area contributed by atoms with Crippen molar-refractivity contribution in [2.24, 2.45) is 0 Å². The number of carbonyl (C=O) groups excluding carboxylic acids is 1. The molecule has 92 valence electrons. The van der Waals surface area contributed by atoms with Gasteiger partial charge in [0.2, 0.25) is 0 Å². The van der Waals surface area contributed by atoms with E-state index in [-0.39, 0.29) is 17.2 Å². The fourth-order valence-corrected chi connectivity index (χ4v) is 1.41. The molecule has 0 amide bonds. The summed E-state index contributed by atoms with van der Waals surface area (Å²) in [6, 6.07) is 4.59. The number of carbonyl (C=O) groups is 1. The zero-order chi connectivity index (χ0) is 13.0. The van der Waals surface area contributed by atoms with Crippen LogP contribution in [0.4, 0.5) is 5.69 Å². The number of Topliss-reactive ketones (excluding diaryl/α,β-unsaturated/α-hetero) is 1. The van der Waals surface area contributed by atoms with Crippen molar-refractivity contribution in [1.29, 1.82) is 0 Å². The first-order valence-electron chi connectivity index (χ1n) is 5.40. The second kappa shape index (κ2) is 5.43. The van der Waals surface area contributed by atoms with E-state index in [0.29, 0.717) is 6.42 Å². The van der Waals surface area contributed by atoms with Crippen LogP contribution in [0.15, 0.2) is 18.2 Å². The van der Waals surface area contributed by atoms with E-state index in [4.69, 9.17) is 4.74 Å². The summed E-state index contributed by atoms with van der Waals surface area (Å²) < 4.78 is 5.35. The molecule has 1 atom stereocenters. The summed E-state index contributed by atoms with van der Waals surface area (Å²) in [7, 11) is 0. The Balaban J connectivity index is 3.00. The minimum Gasteiger partial charge on any atom is -0.476 e. The van der Waals surface area contributed by atoms with E-state index >= 15 is 0 Å². The lowest BCUT2D eigenvalue weighted by Crippen LogP contribution is -2.23. The number of hydrogen-bond donors (Lipinski definition) is 0. The topological polar surface area (TPSA) is 69.4 Å². The summed E-state index contributed by atoms with van der Waals surface area (Å²) in [5.74, 6) is 0.0603. The first-order valence-corrected chi connectivity index (χ1v) is 5.40. The summed E-state index contributed by atoms with van der Waals surface area (Å²) >= 11 is 0. The van der Waals surface area contributed by atoms with E-state index in [1.165, 1.54) is 6.07 Å². The Morgan fingerprint density at radius 3 is 2.71 bits per heavy atom. The number of nitro benzene ring substituents is 1. The highest BCUT2D eigenvalue weighted by Crippen LogP contribution is 2.28. The van der Waals surface area contributed by atoms with Gasteiger partial charge in [0, 0.05) is 12.5 Å². The molecule has 17 heavy (non-hydrogen) atoms. The van der Waals surface area contributed by atoms with Crippen LogP contribution in [-0.2, 0) is 4.79 Å². The number of rotatable bonds is 5. The molecule has 1 aromatic carbocycles. The molecule has 0 bridgehead atoms. The fourth-order valence-electron chi connectivity index (χ4n) is 1.41. The van der Waals surface area contributed by atoms with Crippen LogP contribution in [0.3, 0.4) is 0 Å². The molecule has 0 aliphatic rings. The molecule has 0 aromatic heterocycles. The van der Waals surface area contributed by atoms with Gasteiger partial charge < -0.3 is 4.74 Å². The van der Waals surface area contributed by atoms with Crippen molar-refractivity contribution in [2.75, 3.05) is 0 Å². The summed E-state index contributed by atoms with van der Waals surface area (Å²) in [6.07, 6.45) is -0.318. The molecule has 0 aliphatic heterocycles. The molecule has 0 saturated carbocycles. The Labute approximate surface area is 99.5 Å². The molecule has 0 fully saturated rings. The number of hydrogen-bond acceptors (Lipinski definition) is 4. The van der Waals surface area contributed by atoms with Gasteiger partial charge in [-0.05, 0) is 25.5 Å². The van der Waals surface area contributed by atoms with Crippen molar-refractivity contribution in [1.82, 2.24) is 0 Å². The van der Waals surface area contributed by atoms with Crippen molar-refractivity contribution < 1.29 is 14.5 Å². The van der Waals surface area contributed by atoms with Crippen LogP contribution in [0.2, 0.25) is 0 Å². The number of ketones is 1. The molecule has 0 spiro atoms. The van der Waals surface area contributed by atoms with Crippen LogP contribution in [0.5, 0.6) is 5.75 Å². The van der Waals surface area contributed by atoms with E-state index < -0.39 is 11.0 Å². The molecule has 5 nitrogen and oxygen atoms in total. The average Bonchev–Trinajstić information content (AvgIpc) is 2.27. The van der Waals surface area contributed by atoms with E-state index in [0.717, 1.165) is 5.56 Å². The maximum Gasteiger partial charge on any atom is 0.310 e. The third-order valence-corrected chi connectivity index (χ3v) is 2.42. The maximum absolute atomic E-state index is 11.4. The van der Waals surface area contributed by atoms with Gasteiger partial charge in [0.15, 0.2) is 17.6 Å². The normalized spacial score (nSPS) is 11.9. The number of aryl methyl sites for hydroxylation is 1. The maximum atomic E-state index is 11.4. The van der Waals surface area contributed by atoms with Crippen LogP contribution in [0.25, 0.3) is 0 Å². The third-order valence-electron chi connectivity index (χ3n) is 2.42. The van der Waals surface area contributed by atoms with Gasteiger partial charge in [-0.3, -0.25) is 14.9 Å². The lowest BCUT2D eigenvalue weighted by Gasteiger charge is -2.13. The van der Waals surface area contributed by atoms with Gasteiger partial charge >= 0.3 is 5.69 Å². The highest BCUT2D eigenvalue weighted by Gasteiger charge is 2.19. The van der Waals surface area contributed by atoms with Crippen molar-refractivity contribution >= 4 is 11.5 Å². The lowest BCUT2D eigenvalue weighted by atomic mass is 10.2. The predicted molar refractivity (Wildman–Crippen MR) is 63.2 cm³/mol. The predicted octanol–water partition coefficient (Wildman–Crippen LogP) is 2.65. The van der Waals surface area contributed by atoms with Crippen molar-refractivity contribution in [3.63, 3.8) is 0 Å². The molecule has 0 N–H and O–H groups in total. The largest absolute Gasteiger partial charge is 0.476 e. The van der Waals surface area contributed by atoms with E-state index in [2.05, 4.69) is 0 Å². The van der Waals surface area contributed by atoms with Gasteiger partial charge in [0.1, 0.15) is 0 Å². The molecule has 0 saturated heterocycles. The molecule has 5 heteroatoms. The summed E-state index contributed by atoms with van der Waals surface area (Å²) in [6.45, 7) is 5.13. The van der Waals surface area contributed by atoms with Crippen LogP contribution >= 0.6 is 0 Å². The zero-order valence-electron chi connectivity index (χ0n) is 10.1. The monoisotopic (exact) mass is 237 g/mol. The fraction of sp³-hybridized carbons (Fsp3) is 0.417. The molecule has 0 radical (unpaired) electrons. The number of nitrogens with zero attached hydrogens (tertiary/aromatic N) is 1. The number of benzene rings is 1. The first-order chi connectivity index (χ1) is 7.95. The van der Waals surface area contributed by atoms with Crippen molar-refractivity contribution in [2.45, 2.75) is 33.3 Å². The minimum absolute atomic E-state index is 0.0826. The molecule has 1 unspecified atom stereocenters. The van der Waals surface area contributed by atoms with E-state index in [1.54, 1.807) is 26.0 Å². The first kappa shape index (κ1) is 13.2. The molecule has 1 aromatic rings. The van der Waals surface area contributed by atoms with Crippen LogP contribution in [-0.4, -0.2) is 16.8 Å². The Kier molecular flexibility index (Phi) is 4.20. The Morgan fingerprint density at radius 2 is 2.18 bits per heavy atom. The van der Waals surface area contributed by atoms with Gasteiger partial charge in [0.05, 0.1) is 4.92 Å². The third kappa shape index (κ3) is 3.27. The van der Waals surface area contributed by atoms with Crippen LogP contribution < -0.4 is 4.74 Å². The smallest absolute Gasteiger partial charge is 0.310 e. The molecule has 1 rings (SSSR count). The van der Waals surface area contributed by atoms with Gasteiger partial charge in [-0.15, -0.1) is 0 Å². The summed E-state index contributed by atoms with van der Waals surface area (Å²) in [4.78, 5) is 21.7. The lowest BCUT2D eigenvalue weighted by molar-refractivity contribution is -0.386. The zero-order valence-corrected chi connectivity index (χ0v) is 10.1. The second-order valence-electron chi connectivity index (χ2n) is 3.81. The standard InChI is InChI=1S/C12H15NO4/c1-4-11(14)9(3)17-12-7-8(2)5-6-10(12)13(15)16/h5-7,9H,4H2,1-3H3. The van der Waals surface area contributed by atoms with Crippen molar-refractivity contribution in [3.05, 3.63) is 33.9 Å². The second-order valence-corrected chi connectivity index (χ2v) is 3.81. The minimum atomic E-state index is -0.666. The highest BCUT2D eigenvalue weighted by atomic mass is 16.6. The summed E-state index contributed by atoms with van der Waals surface area (Å²) in [5.41, 5.74) is 0.730. The van der Waals surface area contributed by atoms with Crippen LogP contribution in [0, 0.1) is 17.0 Å². The van der Waals surface area contributed by atoms with Gasteiger partial charge in [0.25, 0.3) is 0 Å². The quantitative estimate of drug-likeness (QED) is 0.583. The Bertz CT molecular complexity index is 442. The SMILES string of the molecule is CCC(=O)C(C)Oc1cc(C)ccc1[N+](=O)[O-]. The van der Waals surface area contributed by atoms with Crippen molar-refractivity contribution in [3.8, 4) is 5.75 Å². The van der Waals surface area contributed by atoms with Gasteiger partial charge in [-0.2, -0.15) is 0 Å². The Morgan fingerprint density at radius 1 is 1.53 bits per heavy atom. The van der Waals surface area contributed by atoms with Gasteiger partial charge in [-0.25, -0.2) is 0 Å². The summed E-state index contributed by atoms with van der Waals surface area (Å²) in [5, 5.41) is 10.8. The van der Waals surface area contributed by atoms with E-state index in [1.807, 2.05) is 6.92 Å². The van der Waals surface area contributed by atoms with Crippen LogP contribution in [0.1, 0.15) is 25.8 Å². The number of nitro groups is 1. The molecule has 0 heterocycles. The van der Waals surface area contributed by atoms with Gasteiger partial charge in [-0.1, -0.05) is 13.0 Å². The highest BCUT2D eigenvalue weighted by molar-refractivity contribution is 5.82. The average molecular weight is 237 g/mol. The Hall–Kier alpha value is -1.91. The molecular formula is C12H15NO4. The molecular weight excluding hydrogens is 222 g/mol. The van der Waals surface area contributed by atoms with E-state index in [9.17, 15) is 14.9 Å².